The fourth-order valence-corrected chi connectivity index (χ4v) is 2.06. The molecule has 0 aromatic heterocycles. The van der Waals surface area contributed by atoms with Gasteiger partial charge in [0.1, 0.15) is 11.4 Å². The van der Waals surface area contributed by atoms with E-state index in [1.807, 2.05) is 13.8 Å². The molecule has 0 radical (unpaired) electrons. The Morgan fingerprint density at radius 3 is 2.38 bits per heavy atom. The summed E-state index contributed by atoms with van der Waals surface area (Å²) in [5.41, 5.74) is 5.58. The molecule has 0 aliphatic heterocycles. The molecule has 1 rings (SSSR count). The van der Waals surface area contributed by atoms with Crippen molar-refractivity contribution >= 4 is 11.8 Å². The first-order valence-electron chi connectivity index (χ1n) is 7.05. The van der Waals surface area contributed by atoms with Crippen LogP contribution < -0.4 is 11.1 Å². The van der Waals surface area contributed by atoms with Crippen LogP contribution in [-0.2, 0) is 10.2 Å². The zero-order valence-corrected chi connectivity index (χ0v) is 13.4. The molecule has 0 atom stereocenters. The monoisotopic (exact) mass is 296 g/mol. The van der Waals surface area contributed by atoms with Gasteiger partial charge in [-0.15, -0.1) is 0 Å². The van der Waals surface area contributed by atoms with Gasteiger partial charge in [0.2, 0.25) is 0 Å². The van der Waals surface area contributed by atoms with E-state index >= 15 is 0 Å². The van der Waals surface area contributed by atoms with Crippen LogP contribution in [0.4, 0.5) is 14.9 Å². The summed E-state index contributed by atoms with van der Waals surface area (Å²) in [6.45, 7) is 9.69. The Labute approximate surface area is 125 Å². The number of carbonyl (C=O) groups is 1. The van der Waals surface area contributed by atoms with E-state index < -0.39 is 11.7 Å². The van der Waals surface area contributed by atoms with E-state index in [0.29, 0.717) is 24.2 Å². The van der Waals surface area contributed by atoms with Crippen LogP contribution >= 0.6 is 0 Å². The maximum atomic E-state index is 14.2. The largest absolute Gasteiger partial charge is 0.444 e. The second kappa shape index (κ2) is 6.43. The first kappa shape index (κ1) is 17.4. The summed E-state index contributed by atoms with van der Waals surface area (Å²) in [5.74, 6) is -0.359. The number of nitrogens with one attached hydrogen (secondary N) is 1. The van der Waals surface area contributed by atoms with Gasteiger partial charge in [0.05, 0.1) is 0 Å². The van der Waals surface area contributed by atoms with Crippen molar-refractivity contribution in [2.75, 3.05) is 11.9 Å². The van der Waals surface area contributed by atoms with Crippen LogP contribution in [0.1, 0.15) is 46.6 Å². The molecule has 0 bridgehead atoms. The molecule has 0 fully saturated rings. The van der Waals surface area contributed by atoms with Gasteiger partial charge in [0.15, 0.2) is 0 Å². The molecule has 5 heteroatoms. The molecule has 0 spiro atoms. The Hall–Kier alpha value is -1.62. The molecule has 1 aromatic carbocycles. The van der Waals surface area contributed by atoms with Crippen LogP contribution in [0.5, 0.6) is 0 Å². The van der Waals surface area contributed by atoms with Crippen molar-refractivity contribution in [2.45, 2.75) is 52.1 Å². The highest BCUT2D eigenvalue weighted by molar-refractivity contribution is 5.84. The maximum absolute atomic E-state index is 14.2. The van der Waals surface area contributed by atoms with Gasteiger partial charge in [0.25, 0.3) is 0 Å². The molecule has 118 valence electrons. The number of anilines is 1. The number of nitrogens with two attached hydrogens (primary N) is 1. The third kappa shape index (κ3) is 5.34. The van der Waals surface area contributed by atoms with Crippen LogP contribution in [0.2, 0.25) is 0 Å². The minimum absolute atomic E-state index is 0.344. The average Bonchev–Trinajstić information content (AvgIpc) is 2.25. The lowest BCUT2D eigenvalue weighted by Crippen LogP contribution is -2.27. The molecule has 0 saturated carbocycles. The Morgan fingerprint density at radius 2 is 1.90 bits per heavy atom. The minimum atomic E-state index is -0.601. The molecular formula is C16H25FN2O2. The highest BCUT2D eigenvalue weighted by Crippen LogP contribution is 2.30. The van der Waals surface area contributed by atoms with Crippen molar-refractivity contribution in [3.63, 3.8) is 0 Å². The summed E-state index contributed by atoms with van der Waals surface area (Å²) in [4.78, 5) is 11.7. The topological polar surface area (TPSA) is 64.3 Å². The average molecular weight is 296 g/mol. The van der Waals surface area contributed by atoms with Crippen molar-refractivity contribution in [3.8, 4) is 0 Å². The van der Waals surface area contributed by atoms with Crippen LogP contribution in [0, 0.1) is 5.82 Å². The SMILES string of the molecule is CC(C)(C)OC(=O)Nc1ccc(C(C)(C)CCN)c(F)c1. The number of ether oxygens (including phenoxy) is 1. The summed E-state index contributed by atoms with van der Waals surface area (Å²) in [6, 6.07) is 4.65. The second-order valence-corrected chi connectivity index (χ2v) is 6.74. The molecule has 1 aromatic rings. The molecule has 0 heterocycles. The summed E-state index contributed by atoms with van der Waals surface area (Å²) in [6.07, 6.45) is 0.0822. The summed E-state index contributed by atoms with van der Waals surface area (Å²) < 4.78 is 19.4. The highest BCUT2D eigenvalue weighted by atomic mass is 19.1. The predicted octanol–water partition coefficient (Wildman–Crippen LogP) is 3.80. The summed E-state index contributed by atoms with van der Waals surface area (Å²) in [5, 5.41) is 2.52. The van der Waals surface area contributed by atoms with E-state index in [2.05, 4.69) is 5.32 Å². The number of hydrogen-bond acceptors (Lipinski definition) is 3. The zero-order chi connectivity index (χ0) is 16.3. The van der Waals surface area contributed by atoms with Crippen LogP contribution in [0.15, 0.2) is 18.2 Å². The van der Waals surface area contributed by atoms with Crippen LogP contribution in [0.3, 0.4) is 0 Å². The molecule has 3 N–H and O–H groups in total. The van der Waals surface area contributed by atoms with Crippen molar-refractivity contribution in [1.82, 2.24) is 0 Å². The number of hydrogen-bond donors (Lipinski definition) is 2. The minimum Gasteiger partial charge on any atom is -0.444 e. The number of carbonyl (C=O) groups excluding carboxylic acids is 1. The lowest BCUT2D eigenvalue weighted by Gasteiger charge is -2.25. The Balaban J connectivity index is 2.86. The van der Waals surface area contributed by atoms with Gasteiger partial charge < -0.3 is 10.5 Å². The van der Waals surface area contributed by atoms with Crippen molar-refractivity contribution in [1.29, 1.82) is 0 Å². The Morgan fingerprint density at radius 1 is 1.29 bits per heavy atom. The zero-order valence-electron chi connectivity index (χ0n) is 13.4. The third-order valence-electron chi connectivity index (χ3n) is 3.11. The summed E-state index contributed by atoms with van der Waals surface area (Å²) >= 11 is 0. The Kier molecular flexibility index (Phi) is 5.34. The molecule has 21 heavy (non-hydrogen) atoms. The van der Waals surface area contributed by atoms with Gasteiger partial charge in [-0.1, -0.05) is 19.9 Å². The molecule has 4 nitrogen and oxygen atoms in total. The normalized spacial score (nSPS) is 12.1. The fraction of sp³-hybridized carbons (Fsp3) is 0.562. The van der Waals surface area contributed by atoms with Gasteiger partial charge in [0, 0.05) is 5.69 Å². The van der Waals surface area contributed by atoms with Gasteiger partial charge in [-0.05, 0) is 56.8 Å². The predicted molar refractivity (Wildman–Crippen MR) is 83.0 cm³/mol. The molecule has 0 aliphatic carbocycles. The number of halogens is 1. The quantitative estimate of drug-likeness (QED) is 0.888. The first-order chi connectivity index (χ1) is 9.55. The van der Waals surface area contributed by atoms with Gasteiger partial charge in [-0.3, -0.25) is 5.32 Å². The van der Waals surface area contributed by atoms with E-state index in [9.17, 15) is 9.18 Å². The summed E-state index contributed by atoms with van der Waals surface area (Å²) in [7, 11) is 0. The second-order valence-electron chi connectivity index (χ2n) is 6.74. The van der Waals surface area contributed by atoms with Crippen LogP contribution in [0.25, 0.3) is 0 Å². The standard InChI is InChI=1S/C16H25FN2O2/c1-15(2,3)21-14(20)19-11-6-7-12(13(17)10-11)16(4,5)8-9-18/h6-7,10H,8-9,18H2,1-5H3,(H,19,20). The Bertz CT molecular complexity index is 507. The number of amides is 1. The van der Waals surface area contributed by atoms with E-state index in [0.717, 1.165) is 0 Å². The first-order valence-corrected chi connectivity index (χ1v) is 7.05. The van der Waals surface area contributed by atoms with E-state index in [1.54, 1.807) is 32.9 Å². The smallest absolute Gasteiger partial charge is 0.412 e. The van der Waals surface area contributed by atoms with Crippen molar-refractivity contribution in [3.05, 3.63) is 29.6 Å². The van der Waals surface area contributed by atoms with Gasteiger partial charge >= 0.3 is 6.09 Å². The molecular weight excluding hydrogens is 271 g/mol. The van der Waals surface area contributed by atoms with Crippen molar-refractivity contribution < 1.29 is 13.9 Å². The number of rotatable bonds is 4. The van der Waals surface area contributed by atoms with Crippen LogP contribution in [-0.4, -0.2) is 18.2 Å². The molecule has 0 unspecified atom stereocenters. The lowest BCUT2D eigenvalue weighted by atomic mass is 9.81. The maximum Gasteiger partial charge on any atom is 0.412 e. The molecule has 0 aliphatic rings. The van der Waals surface area contributed by atoms with E-state index in [-0.39, 0.29) is 11.2 Å². The van der Waals surface area contributed by atoms with E-state index in [4.69, 9.17) is 10.5 Å². The molecule has 0 saturated heterocycles. The highest BCUT2D eigenvalue weighted by Gasteiger charge is 2.24. The van der Waals surface area contributed by atoms with Gasteiger partial charge in [-0.2, -0.15) is 0 Å². The molecule has 1 amide bonds. The van der Waals surface area contributed by atoms with Gasteiger partial charge in [-0.25, -0.2) is 9.18 Å². The fourth-order valence-electron chi connectivity index (χ4n) is 2.06. The lowest BCUT2D eigenvalue weighted by molar-refractivity contribution is 0.0636. The van der Waals surface area contributed by atoms with Crippen molar-refractivity contribution in [2.24, 2.45) is 5.73 Å². The van der Waals surface area contributed by atoms with E-state index in [1.165, 1.54) is 6.07 Å². The third-order valence-corrected chi connectivity index (χ3v) is 3.11. The number of benzene rings is 1.